The number of benzene rings is 3. The monoisotopic (exact) mass is 607 g/mol. The Morgan fingerprint density at radius 2 is 1.89 bits per heavy atom. The molecule has 1 amide bonds. The first-order valence-corrected chi connectivity index (χ1v) is 13.4. The molecule has 0 N–H and O–H groups in total. The number of hydrogen-bond acceptors (Lipinski definition) is 5. The van der Waals surface area contributed by atoms with Gasteiger partial charge in [-0.15, -0.1) is 0 Å². The van der Waals surface area contributed by atoms with Crippen LogP contribution in [-0.2, 0) is 11.4 Å². The highest BCUT2D eigenvalue weighted by Crippen LogP contribution is 2.41. The molecule has 4 rings (SSSR count). The van der Waals surface area contributed by atoms with Gasteiger partial charge in [-0.1, -0.05) is 71.4 Å². The van der Waals surface area contributed by atoms with Gasteiger partial charge in [0, 0.05) is 15.6 Å². The van der Waals surface area contributed by atoms with Crippen molar-refractivity contribution < 1.29 is 14.3 Å². The summed E-state index contributed by atoms with van der Waals surface area (Å²) in [5.41, 5.74) is 3.35. The lowest BCUT2D eigenvalue weighted by atomic mass is 10.1. The van der Waals surface area contributed by atoms with Gasteiger partial charge < -0.3 is 9.47 Å². The highest BCUT2D eigenvalue weighted by Gasteiger charge is 2.34. The standard InChI is InChI=1S/C26H20BrCl2NO3S2/c1-3-32-22-11-16(10-19(27)24(22)33-14-17-8-9-18(28)13-20(17)29)12-23-25(31)30(26(34)35-23)21-7-5-4-6-15(21)2/h4-13H,3,14H2,1-2H3. The molecule has 1 saturated heterocycles. The van der Waals surface area contributed by atoms with Gasteiger partial charge in [0.2, 0.25) is 0 Å². The van der Waals surface area contributed by atoms with E-state index >= 15 is 0 Å². The number of rotatable bonds is 7. The predicted molar refractivity (Wildman–Crippen MR) is 153 cm³/mol. The SMILES string of the molecule is CCOc1cc(C=C2SC(=S)N(c3ccccc3C)C2=O)cc(Br)c1OCc1ccc(Cl)cc1Cl. The fourth-order valence-electron chi connectivity index (χ4n) is 3.50. The summed E-state index contributed by atoms with van der Waals surface area (Å²) in [4.78, 5) is 15.3. The first-order valence-electron chi connectivity index (χ1n) is 10.6. The zero-order valence-electron chi connectivity index (χ0n) is 18.8. The summed E-state index contributed by atoms with van der Waals surface area (Å²) in [5.74, 6) is 0.941. The molecule has 1 fully saturated rings. The van der Waals surface area contributed by atoms with Crippen LogP contribution in [0.4, 0.5) is 5.69 Å². The van der Waals surface area contributed by atoms with Crippen molar-refractivity contribution in [1.82, 2.24) is 0 Å². The molecule has 0 spiro atoms. The number of ether oxygens (including phenoxy) is 2. The van der Waals surface area contributed by atoms with Gasteiger partial charge in [0.25, 0.3) is 5.91 Å². The maximum atomic E-state index is 13.2. The minimum atomic E-state index is -0.152. The Morgan fingerprint density at radius 1 is 1.11 bits per heavy atom. The summed E-state index contributed by atoms with van der Waals surface area (Å²) in [6.07, 6.45) is 1.81. The maximum absolute atomic E-state index is 13.2. The second kappa shape index (κ2) is 11.4. The van der Waals surface area contributed by atoms with Crippen molar-refractivity contribution >= 4 is 85.1 Å². The molecule has 0 saturated carbocycles. The lowest BCUT2D eigenvalue weighted by Gasteiger charge is -2.17. The topological polar surface area (TPSA) is 38.8 Å². The molecule has 3 aromatic carbocycles. The first kappa shape index (κ1) is 26.0. The zero-order valence-corrected chi connectivity index (χ0v) is 23.5. The summed E-state index contributed by atoms with van der Waals surface area (Å²) in [6, 6.07) is 16.7. The Balaban J connectivity index is 1.61. The van der Waals surface area contributed by atoms with Crippen molar-refractivity contribution in [3.8, 4) is 11.5 Å². The molecule has 0 atom stereocenters. The second-order valence-electron chi connectivity index (χ2n) is 7.59. The number of para-hydroxylation sites is 1. The van der Waals surface area contributed by atoms with Gasteiger partial charge in [-0.25, -0.2) is 0 Å². The van der Waals surface area contributed by atoms with Crippen molar-refractivity contribution in [2.75, 3.05) is 11.5 Å². The van der Waals surface area contributed by atoms with Crippen LogP contribution in [0.5, 0.6) is 11.5 Å². The van der Waals surface area contributed by atoms with Gasteiger partial charge in [0.1, 0.15) is 6.61 Å². The molecule has 0 bridgehead atoms. The lowest BCUT2D eigenvalue weighted by Crippen LogP contribution is -2.28. The van der Waals surface area contributed by atoms with Crippen molar-refractivity contribution in [3.05, 3.63) is 90.7 Å². The summed E-state index contributed by atoms with van der Waals surface area (Å²) in [6.45, 7) is 4.54. The predicted octanol–water partition coefficient (Wildman–Crippen LogP) is 8.45. The number of aryl methyl sites for hydroxylation is 1. The largest absolute Gasteiger partial charge is 0.490 e. The molecule has 1 heterocycles. The second-order valence-corrected chi connectivity index (χ2v) is 11.0. The molecule has 4 nitrogen and oxygen atoms in total. The average Bonchev–Trinajstić information content (AvgIpc) is 3.07. The molecular weight excluding hydrogens is 589 g/mol. The van der Waals surface area contributed by atoms with E-state index in [9.17, 15) is 4.79 Å². The molecule has 3 aromatic rings. The van der Waals surface area contributed by atoms with Gasteiger partial charge in [-0.2, -0.15) is 0 Å². The van der Waals surface area contributed by atoms with E-state index in [0.29, 0.717) is 41.8 Å². The average molecular weight is 609 g/mol. The maximum Gasteiger partial charge on any atom is 0.270 e. The molecule has 0 unspecified atom stereocenters. The van der Waals surface area contributed by atoms with Crippen LogP contribution in [0.3, 0.4) is 0 Å². The number of hydrogen-bond donors (Lipinski definition) is 0. The fraction of sp³-hybridized carbons (Fsp3) is 0.154. The highest BCUT2D eigenvalue weighted by molar-refractivity contribution is 9.10. The Hall–Kier alpha value is -2.03. The molecule has 1 aliphatic heterocycles. The van der Waals surface area contributed by atoms with E-state index in [2.05, 4.69) is 15.9 Å². The molecule has 0 aromatic heterocycles. The van der Waals surface area contributed by atoms with Crippen LogP contribution in [0, 0.1) is 6.92 Å². The number of amides is 1. The fourth-order valence-corrected chi connectivity index (χ4v) is 5.83. The number of thiocarbonyl (C=S) groups is 1. The van der Waals surface area contributed by atoms with Crippen molar-refractivity contribution in [2.45, 2.75) is 20.5 Å². The minimum absolute atomic E-state index is 0.152. The quantitative estimate of drug-likeness (QED) is 0.199. The third-order valence-electron chi connectivity index (χ3n) is 5.17. The summed E-state index contributed by atoms with van der Waals surface area (Å²) in [7, 11) is 0. The van der Waals surface area contributed by atoms with Crippen LogP contribution in [0.15, 0.2) is 64.0 Å². The van der Waals surface area contributed by atoms with Crippen LogP contribution in [0.25, 0.3) is 6.08 Å². The normalized spacial score (nSPS) is 14.7. The molecule has 180 valence electrons. The van der Waals surface area contributed by atoms with E-state index in [4.69, 9.17) is 44.9 Å². The van der Waals surface area contributed by atoms with E-state index in [0.717, 1.165) is 22.4 Å². The third kappa shape index (κ3) is 5.87. The Kier molecular flexibility index (Phi) is 8.45. The van der Waals surface area contributed by atoms with Gasteiger partial charge in [-0.05, 0) is 77.3 Å². The van der Waals surface area contributed by atoms with Crippen LogP contribution >= 0.6 is 63.1 Å². The molecule has 0 radical (unpaired) electrons. The van der Waals surface area contributed by atoms with E-state index < -0.39 is 0 Å². The lowest BCUT2D eigenvalue weighted by molar-refractivity contribution is -0.113. The number of nitrogens with zero attached hydrogens (tertiary/aromatic N) is 1. The Bertz CT molecular complexity index is 1350. The molecule has 35 heavy (non-hydrogen) atoms. The zero-order chi connectivity index (χ0) is 25.1. The molecular formula is C26H20BrCl2NO3S2. The Labute approximate surface area is 232 Å². The molecule has 1 aliphatic rings. The van der Waals surface area contributed by atoms with Crippen LogP contribution in [0.2, 0.25) is 10.0 Å². The van der Waals surface area contributed by atoms with E-state index in [1.807, 2.05) is 62.4 Å². The number of halogens is 3. The Morgan fingerprint density at radius 3 is 2.60 bits per heavy atom. The highest BCUT2D eigenvalue weighted by atomic mass is 79.9. The number of carbonyl (C=O) groups is 1. The first-order chi connectivity index (χ1) is 16.8. The number of thioether (sulfide) groups is 1. The summed E-state index contributed by atoms with van der Waals surface area (Å²) < 4.78 is 13.1. The van der Waals surface area contributed by atoms with Gasteiger partial charge >= 0.3 is 0 Å². The summed E-state index contributed by atoms with van der Waals surface area (Å²) in [5, 5.41) is 1.09. The van der Waals surface area contributed by atoms with E-state index in [1.165, 1.54) is 11.8 Å². The smallest absolute Gasteiger partial charge is 0.270 e. The van der Waals surface area contributed by atoms with Crippen LogP contribution < -0.4 is 14.4 Å². The summed E-state index contributed by atoms with van der Waals surface area (Å²) >= 11 is 22.7. The van der Waals surface area contributed by atoms with E-state index in [-0.39, 0.29) is 12.5 Å². The van der Waals surface area contributed by atoms with Gasteiger partial charge in [0.05, 0.1) is 21.7 Å². The third-order valence-corrected chi connectivity index (χ3v) is 7.64. The van der Waals surface area contributed by atoms with E-state index in [1.54, 1.807) is 17.0 Å². The molecule has 0 aliphatic carbocycles. The van der Waals surface area contributed by atoms with Crippen molar-refractivity contribution in [3.63, 3.8) is 0 Å². The van der Waals surface area contributed by atoms with Crippen molar-refractivity contribution in [2.24, 2.45) is 0 Å². The minimum Gasteiger partial charge on any atom is -0.490 e. The number of carbonyl (C=O) groups excluding carboxylic acids is 1. The van der Waals surface area contributed by atoms with Crippen LogP contribution in [-0.4, -0.2) is 16.8 Å². The van der Waals surface area contributed by atoms with Gasteiger partial charge in [-0.3, -0.25) is 9.69 Å². The van der Waals surface area contributed by atoms with Crippen molar-refractivity contribution in [1.29, 1.82) is 0 Å². The van der Waals surface area contributed by atoms with Crippen LogP contribution in [0.1, 0.15) is 23.6 Å². The molecule has 9 heteroatoms. The van der Waals surface area contributed by atoms with Gasteiger partial charge in [0.15, 0.2) is 15.8 Å². The number of anilines is 1.